The van der Waals surface area contributed by atoms with Gasteiger partial charge in [-0.3, -0.25) is 4.79 Å². The number of fused-ring (bicyclic) bond motifs is 1. The van der Waals surface area contributed by atoms with E-state index in [0.717, 1.165) is 53.5 Å². The predicted molar refractivity (Wildman–Crippen MR) is 133 cm³/mol. The van der Waals surface area contributed by atoms with E-state index in [1.54, 1.807) is 20.5 Å². The first-order valence-corrected chi connectivity index (χ1v) is 13.1. The fourth-order valence-corrected chi connectivity index (χ4v) is 7.79. The van der Waals surface area contributed by atoms with Crippen LogP contribution in [0.1, 0.15) is 55.3 Å². The molecule has 4 aliphatic carbocycles. The molecule has 186 valence electrons. The fraction of sp³-hybridized carbons (Fsp3) is 0.607. The number of ether oxygens (including phenoxy) is 2. The molecule has 7 nitrogen and oxygen atoms in total. The largest absolute Gasteiger partial charge is 0.497 e. The van der Waals surface area contributed by atoms with Crippen LogP contribution in [0.2, 0.25) is 0 Å². The van der Waals surface area contributed by atoms with E-state index in [1.165, 1.54) is 44.1 Å². The van der Waals surface area contributed by atoms with Crippen LogP contribution in [0.4, 0.5) is 5.82 Å². The van der Waals surface area contributed by atoms with Crippen molar-refractivity contribution in [3.8, 4) is 11.5 Å². The predicted octanol–water partition coefficient (Wildman–Crippen LogP) is 4.25. The zero-order valence-electron chi connectivity index (χ0n) is 20.9. The lowest BCUT2D eigenvalue weighted by Crippen LogP contribution is -2.49. The normalized spacial score (nSPS) is 28.5. The van der Waals surface area contributed by atoms with Crippen molar-refractivity contribution < 1.29 is 14.3 Å². The Morgan fingerprint density at radius 1 is 1.09 bits per heavy atom. The van der Waals surface area contributed by atoms with Gasteiger partial charge in [-0.25, -0.2) is 9.97 Å². The van der Waals surface area contributed by atoms with Gasteiger partial charge in [-0.1, -0.05) is 0 Å². The Balaban J connectivity index is 1.13. The number of hydrogen-bond acceptors (Lipinski definition) is 6. The lowest BCUT2D eigenvalue weighted by molar-refractivity contribution is -0.131. The first-order chi connectivity index (χ1) is 17.0. The summed E-state index contributed by atoms with van der Waals surface area (Å²) in [7, 11) is 3.26. The molecule has 5 aliphatic rings. The zero-order chi connectivity index (χ0) is 24.0. The number of carbonyl (C=O) groups excluding carboxylic acids is 1. The van der Waals surface area contributed by atoms with E-state index < -0.39 is 0 Å². The SMILES string of the molecule is COc1ccc(OC)c(CC(=O)N2CCc3c(ncnc3NCC34CC5CC(CC(C5)C3)C4)C2)c1. The van der Waals surface area contributed by atoms with Crippen molar-refractivity contribution >= 4 is 11.7 Å². The molecule has 7 heteroatoms. The molecule has 4 bridgehead atoms. The second kappa shape index (κ2) is 8.99. The van der Waals surface area contributed by atoms with Gasteiger partial charge < -0.3 is 19.7 Å². The molecule has 1 amide bonds. The van der Waals surface area contributed by atoms with Crippen LogP contribution >= 0.6 is 0 Å². The van der Waals surface area contributed by atoms with Crippen molar-refractivity contribution in [2.75, 3.05) is 32.6 Å². The topological polar surface area (TPSA) is 76.6 Å². The standard InChI is InChI=1S/C28H36N4O3/c1-34-22-3-4-25(35-2)21(10-22)11-26(33)32-6-5-23-24(15-32)30-17-31-27(23)29-16-28-12-18-7-19(13-28)9-20(8-18)14-28/h3-4,10,17-20H,5-9,11-16H2,1-2H3,(H,29,30,31). The maximum atomic E-state index is 13.2. The molecule has 35 heavy (non-hydrogen) atoms. The first-order valence-electron chi connectivity index (χ1n) is 13.1. The molecular formula is C28H36N4O3. The smallest absolute Gasteiger partial charge is 0.227 e. The maximum Gasteiger partial charge on any atom is 0.227 e. The van der Waals surface area contributed by atoms with E-state index in [-0.39, 0.29) is 12.3 Å². The molecule has 0 unspecified atom stereocenters. The zero-order valence-corrected chi connectivity index (χ0v) is 20.9. The van der Waals surface area contributed by atoms with Gasteiger partial charge in [0.1, 0.15) is 23.6 Å². The molecule has 4 saturated carbocycles. The number of nitrogens with zero attached hydrogens (tertiary/aromatic N) is 3. The number of hydrogen-bond donors (Lipinski definition) is 1. The highest BCUT2D eigenvalue weighted by Crippen LogP contribution is 2.59. The number of nitrogens with one attached hydrogen (secondary N) is 1. The Morgan fingerprint density at radius 3 is 2.51 bits per heavy atom. The molecule has 1 aromatic heterocycles. The highest BCUT2D eigenvalue weighted by Gasteiger charge is 2.50. The number of aromatic nitrogens is 2. The molecule has 0 saturated heterocycles. The lowest BCUT2D eigenvalue weighted by Gasteiger charge is -2.57. The summed E-state index contributed by atoms with van der Waals surface area (Å²) in [6.45, 7) is 2.23. The Labute approximate surface area is 207 Å². The van der Waals surface area contributed by atoms with Gasteiger partial charge in [0.15, 0.2) is 0 Å². The lowest BCUT2D eigenvalue weighted by atomic mass is 9.49. The molecule has 1 N–H and O–H groups in total. The summed E-state index contributed by atoms with van der Waals surface area (Å²) < 4.78 is 10.8. The van der Waals surface area contributed by atoms with E-state index in [4.69, 9.17) is 9.47 Å². The first kappa shape index (κ1) is 22.6. The summed E-state index contributed by atoms with van der Waals surface area (Å²) >= 11 is 0. The third kappa shape index (κ3) is 4.34. The van der Waals surface area contributed by atoms with Gasteiger partial charge in [-0.2, -0.15) is 0 Å². The molecule has 2 heterocycles. The van der Waals surface area contributed by atoms with E-state index in [0.29, 0.717) is 24.3 Å². The number of anilines is 1. The highest BCUT2D eigenvalue weighted by molar-refractivity contribution is 5.80. The van der Waals surface area contributed by atoms with Crippen LogP contribution in [0.5, 0.6) is 11.5 Å². The molecular weight excluding hydrogens is 440 g/mol. The van der Waals surface area contributed by atoms with Gasteiger partial charge >= 0.3 is 0 Å². The van der Waals surface area contributed by atoms with Crippen molar-refractivity contribution in [2.24, 2.45) is 23.2 Å². The third-order valence-electron chi connectivity index (χ3n) is 8.98. The number of benzene rings is 1. The van der Waals surface area contributed by atoms with Crippen LogP contribution in [0.3, 0.4) is 0 Å². The minimum absolute atomic E-state index is 0.0730. The van der Waals surface area contributed by atoms with Gasteiger partial charge in [0.25, 0.3) is 0 Å². The number of carbonyl (C=O) groups is 1. The average Bonchev–Trinajstić information content (AvgIpc) is 2.86. The average molecular weight is 477 g/mol. The van der Waals surface area contributed by atoms with E-state index >= 15 is 0 Å². The molecule has 4 fully saturated rings. The van der Waals surface area contributed by atoms with Crippen molar-refractivity contribution in [2.45, 2.75) is 57.9 Å². The van der Waals surface area contributed by atoms with Gasteiger partial charge in [-0.05, 0) is 86.3 Å². The van der Waals surface area contributed by atoms with Crippen molar-refractivity contribution in [3.05, 3.63) is 41.3 Å². The van der Waals surface area contributed by atoms with Gasteiger partial charge in [0, 0.05) is 24.2 Å². The summed E-state index contributed by atoms with van der Waals surface area (Å²) in [4.78, 5) is 24.3. The van der Waals surface area contributed by atoms with Crippen LogP contribution in [0.25, 0.3) is 0 Å². The molecule has 0 radical (unpaired) electrons. The van der Waals surface area contributed by atoms with Crippen LogP contribution in [-0.4, -0.2) is 48.1 Å². The van der Waals surface area contributed by atoms with Crippen LogP contribution in [-0.2, 0) is 24.2 Å². The van der Waals surface area contributed by atoms with Gasteiger partial charge in [-0.15, -0.1) is 0 Å². The summed E-state index contributed by atoms with van der Waals surface area (Å²) in [6, 6.07) is 5.57. The fourth-order valence-electron chi connectivity index (χ4n) is 7.79. The van der Waals surface area contributed by atoms with E-state index in [1.807, 2.05) is 23.1 Å². The summed E-state index contributed by atoms with van der Waals surface area (Å²) in [5, 5.41) is 3.76. The molecule has 0 atom stereocenters. The van der Waals surface area contributed by atoms with Crippen molar-refractivity contribution in [1.29, 1.82) is 0 Å². The maximum absolute atomic E-state index is 13.2. The minimum Gasteiger partial charge on any atom is -0.497 e. The second-order valence-corrected chi connectivity index (χ2v) is 11.3. The number of amides is 1. The minimum atomic E-state index is 0.0730. The molecule has 0 spiro atoms. The summed E-state index contributed by atoms with van der Waals surface area (Å²) in [6.07, 6.45) is 11.3. The van der Waals surface area contributed by atoms with Gasteiger partial charge in [0.2, 0.25) is 5.91 Å². The Hall–Kier alpha value is -2.83. The van der Waals surface area contributed by atoms with E-state index in [2.05, 4.69) is 15.3 Å². The van der Waals surface area contributed by atoms with Crippen molar-refractivity contribution in [1.82, 2.24) is 14.9 Å². The van der Waals surface area contributed by atoms with E-state index in [9.17, 15) is 4.79 Å². The van der Waals surface area contributed by atoms with Crippen LogP contribution in [0, 0.1) is 23.2 Å². The molecule has 7 rings (SSSR count). The quantitative estimate of drug-likeness (QED) is 0.644. The summed E-state index contributed by atoms with van der Waals surface area (Å²) in [5.41, 5.74) is 3.44. The third-order valence-corrected chi connectivity index (χ3v) is 8.98. The Morgan fingerprint density at radius 2 is 1.83 bits per heavy atom. The second-order valence-electron chi connectivity index (χ2n) is 11.3. The molecule has 1 aromatic carbocycles. The molecule has 2 aromatic rings. The summed E-state index contributed by atoms with van der Waals surface area (Å²) in [5.74, 6) is 5.33. The number of rotatable bonds is 7. The Bertz CT molecular complexity index is 1080. The highest BCUT2D eigenvalue weighted by atomic mass is 16.5. The Kier molecular flexibility index (Phi) is 5.81. The monoisotopic (exact) mass is 476 g/mol. The van der Waals surface area contributed by atoms with Crippen LogP contribution < -0.4 is 14.8 Å². The number of methoxy groups -OCH3 is 2. The molecule has 1 aliphatic heterocycles. The van der Waals surface area contributed by atoms with Crippen LogP contribution in [0.15, 0.2) is 24.5 Å². The van der Waals surface area contributed by atoms with Crippen molar-refractivity contribution in [3.63, 3.8) is 0 Å². The van der Waals surface area contributed by atoms with Gasteiger partial charge in [0.05, 0.1) is 32.9 Å².